The van der Waals surface area contributed by atoms with Gasteiger partial charge in [-0.1, -0.05) is 13.8 Å². The lowest BCUT2D eigenvalue weighted by molar-refractivity contribution is -0.140. The lowest BCUT2D eigenvalue weighted by Gasteiger charge is -2.06. The number of esters is 1. The summed E-state index contributed by atoms with van der Waals surface area (Å²) in [5.74, 6) is 0.809. The van der Waals surface area contributed by atoms with Crippen LogP contribution in [0.2, 0.25) is 0 Å². The second-order valence-electron chi connectivity index (χ2n) is 3.75. The molecule has 1 N–H and O–H groups in total. The summed E-state index contributed by atoms with van der Waals surface area (Å²) in [6, 6.07) is 3.79. The largest absolute Gasteiger partial charge is 0.469 e. The molecule has 0 atom stereocenters. The van der Waals surface area contributed by atoms with Gasteiger partial charge in [0.1, 0.15) is 5.82 Å². The van der Waals surface area contributed by atoms with Crippen molar-refractivity contribution in [2.45, 2.75) is 26.2 Å². The fourth-order valence-electron chi connectivity index (χ4n) is 1.14. The zero-order valence-corrected chi connectivity index (χ0v) is 9.86. The van der Waals surface area contributed by atoms with E-state index in [4.69, 9.17) is 0 Å². The summed E-state index contributed by atoms with van der Waals surface area (Å²) >= 11 is 0. The van der Waals surface area contributed by atoms with E-state index in [0.717, 1.165) is 5.69 Å². The summed E-state index contributed by atoms with van der Waals surface area (Å²) in [7, 11) is 1.37. The van der Waals surface area contributed by atoms with Crippen LogP contribution >= 0.6 is 0 Å². The summed E-state index contributed by atoms with van der Waals surface area (Å²) < 4.78 is 4.52. The molecule has 0 aliphatic heterocycles. The number of carbonyl (C=O) groups is 1. The first-order valence-corrected chi connectivity index (χ1v) is 5.27. The number of carbonyl (C=O) groups excluding carboxylic acids is 1. The first-order valence-electron chi connectivity index (χ1n) is 5.27. The minimum absolute atomic E-state index is 0.237. The van der Waals surface area contributed by atoms with Gasteiger partial charge in [0.15, 0.2) is 0 Å². The fraction of sp³-hybridized carbons (Fsp3) is 0.545. The van der Waals surface area contributed by atoms with Crippen LogP contribution in [0.15, 0.2) is 12.1 Å². The summed E-state index contributed by atoms with van der Waals surface area (Å²) in [5, 5.41) is 11.1. The van der Waals surface area contributed by atoms with E-state index in [1.165, 1.54) is 7.11 Å². The predicted molar refractivity (Wildman–Crippen MR) is 61.2 cm³/mol. The Balaban J connectivity index is 2.40. The number of hydrogen-bond acceptors (Lipinski definition) is 5. The van der Waals surface area contributed by atoms with Crippen LogP contribution in [0.4, 0.5) is 5.82 Å². The van der Waals surface area contributed by atoms with Crippen LogP contribution in [0, 0.1) is 0 Å². The van der Waals surface area contributed by atoms with E-state index in [1.807, 2.05) is 12.1 Å². The molecule has 0 spiro atoms. The van der Waals surface area contributed by atoms with Gasteiger partial charge in [0.2, 0.25) is 0 Å². The molecule has 5 nitrogen and oxygen atoms in total. The molecule has 0 amide bonds. The number of anilines is 1. The van der Waals surface area contributed by atoms with E-state index in [9.17, 15) is 4.79 Å². The monoisotopic (exact) mass is 223 g/mol. The summed E-state index contributed by atoms with van der Waals surface area (Å²) in [5.41, 5.74) is 0.957. The molecule has 0 aromatic carbocycles. The van der Waals surface area contributed by atoms with Gasteiger partial charge < -0.3 is 10.1 Å². The molecule has 0 radical (unpaired) electrons. The maximum absolute atomic E-state index is 10.8. The molecule has 1 aromatic heterocycles. The molecular formula is C11H17N3O2. The smallest absolute Gasteiger partial charge is 0.307 e. The highest BCUT2D eigenvalue weighted by atomic mass is 16.5. The molecule has 0 saturated carbocycles. The Morgan fingerprint density at radius 3 is 2.69 bits per heavy atom. The third kappa shape index (κ3) is 3.84. The van der Waals surface area contributed by atoms with E-state index < -0.39 is 0 Å². The average Bonchev–Trinajstić information content (AvgIpc) is 2.29. The van der Waals surface area contributed by atoms with Gasteiger partial charge in [-0.25, -0.2) is 0 Å². The zero-order chi connectivity index (χ0) is 12.0. The number of nitrogens with one attached hydrogen (secondary N) is 1. The lowest BCUT2D eigenvalue weighted by Crippen LogP contribution is -2.11. The Morgan fingerprint density at radius 1 is 1.44 bits per heavy atom. The van der Waals surface area contributed by atoms with E-state index in [0.29, 0.717) is 24.7 Å². The van der Waals surface area contributed by atoms with Crippen LogP contribution in [0.25, 0.3) is 0 Å². The zero-order valence-electron chi connectivity index (χ0n) is 9.86. The minimum Gasteiger partial charge on any atom is -0.469 e. The van der Waals surface area contributed by atoms with Crippen LogP contribution in [0.3, 0.4) is 0 Å². The Labute approximate surface area is 95.2 Å². The van der Waals surface area contributed by atoms with Gasteiger partial charge in [0, 0.05) is 6.54 Å². The molecule has 0 aliphatic rings. The van der Waals surface area contributed by atoms with Crippen molar-refractivity contribution in [3.8, 4) is 0 Å². The molecule has 0 bridgehead atoms. The number of rotatable bonds is 5. The number of hydrogen-bond donors (Lipinski definition) is 1. The first kappa shape index (κ1) is 12.4. The molecule has 88 valence electrons. The molecule has 1 heterocycles. The maximum atomic E-state index is 10.8. The average molecular weight is 223 g/mol. The van der Waals surface area contributed by atoms with Crippen LogP contribution in [-0.2, 0) is 9.53 Å². The molecule has 1 aromatic rings. The van der Waals surface area contributed by atoms with Crippen molar-refractivity contribution < 1.29 is 9.53 Å². The van der Waals surface area contributed by atoms with Crippen LogP contribution < -0.4 is 5.32 Å². The highest BCUT2D eigenvalue weighted by Gasteiger charge is 2.03. The quantitative estimate of drug-likeness (QED) is 0.768. The SMILES string of the molecule is COC(=O)CCNc1ccc(C(C)C)nn1. The van der Waals surface area contributed by atoms with Crippen molar-refractivity contribution in [2.75, 3.05) is 19.0 Å². The maximum Gasteiger partial charge on any atom is 0.307 e. The van der Waals surface area contributed by atoms with Crippen molar-refractivity contribution in [1.29, 1.82) is 0 Å². The van der Waals surface area contributed by atoms with E-state index in [1.54, 1.807) is 0 Å². The third-order valence-electron chi connectivity index (χ3n) is 2.14. The van der Waals surface area contributed by atoms with Crippen molar-refractivity contribution in [2.24, 2.45) is 0 Å². The molecule has 0 saturated heterocycles. The Morgan fingerprint density at radius 2 is 2.19 bits per heavy atom. The highest BCUT2D eigenvalue weighted by molar-refractivity contribution is 5.69. The number of aromatic nitrogens is 2. The van der Waals surface area contributed by atoms with Gasteiger partial charge in [-0.15, -0.1) is 5.10 Å². The normalized spacial score (nSPS) is 10.2. The summed E-state index contributed by atoms with van der Waals surface area (Å²) in [6.07, 6.45) is 0.324. The first-order chi connectivity index (χ1) is 7.63. The van der Waals surface area contributed by atoms with Gasteiger partial charge in [0.25, 0.3) is 0 Å². The molecule has 0 fully saturated rings. The molecular weight excluding hydrogens is 206 g/mol. The third-order valence-corrected chi connectivity index (χ3v) is 2.14. The fourth-order valence-corrected chi connectivity index (χ4v) is 1.14. The second kappa shape index (κ2) is 6.05. The Hall–Kier alpha value is -1.65. The van der Waals surface area contributed by atoms with Gasteiger partial charge in [-0.3, -0.25) is 4.79 Å². The Kier molecular flexibility index (Phi) is 4.69. The van der Waals surface area contributed by atoms with E-state index in [-0.39, 0.29) is 5.97 Å². The Bertz CT molecular complexity index is 336. The number of methoxy groups -OCH3 is 1. The van der Waals surface area contributed by atoms with Crippen LogP contribution in [0.1, 0.15) is 31.9 Å². The predicted octanol–water partition coefficient (Wildman–Crippen LogP) is 1.57. The topological polar surface area (TPSA) is 64.1 Å². The van der Waals surface area contributed by atoms with Crippen LogP contribution in [0.5, 0.6) is 0 Å². The molecule has 16 heavy (non-hydrogen) atoms. The molecule has 0 aliphatic carbocycles. The van der Waals surface area contributed by atoms with Gasteiger partial charge in [-0.2, -0.15) is 5.10 Å². The van der Waals surface area contributed by atoms with Gasteiger partial charge >= 0.3 is 5.97 Å². The number of nitrogens with zero attached hydrogens (tertiary/aromatic N) is 2. The minimum atomic E-state index is -0.237. The molecule has 0 unspecified atom stereocenters. The summed E-state index contributed by atoms with van der Waals surface area (Å²) in [6.45, 7) is 4.63. The van der Waals surface area contributed by atoms with Crippen LogP contribution in [-0.4, -0.2) is 29.8 Å². The van der Waals surface area contributed by atoms with Crippen molar-refractivity contribution in [3.05, 3.63) is 17.8 Å². The van der Waals surface area contributed by atoms with Crippen molar-refractivity contribution in [3.63, 3.8) is 0 Å². The standard InChI is InChI=1S/C11H17N3O2/c1-8(2)9-4-5-10(14-13-9)12-7-6-11(15)16-3/h4-5,8H,6-7H2,1-3H3,(H,12,14). The van der Waals surface area contributed by atoms with E-state index in [2.05, 4.69) is 34.1 Å². The molecule has 5 heteroatoms. The van der Waals surface area contributed by atoms with Gasteiger partial charge in [-0.05, 0) is 18.1 Å². The lowest BCUT2D eigenvalue weighted by atomic mass is 10.1. The highest BCUT2D eigenvalue weighted by Crippen LogP contribution is 2.11. The second-order valence-corrected chi connectivity index (χ2v) is 3.75. The van der Waals surface area contributed by atoms with Crippen molar-refractivity contribution in [1.82, 2.24) is 10.2 Å². The van der Waals surface area contributed by atoms with E-state index >= 15 is 0 Å². The van der Waals surface area contributed by atoms with Crippen molar-refractivity contribution >= 4 is 11.8 Å². The molecule has 1 rings (SSSR count). The summed E-state index contributed by atoms with van der Waals surface area (Å²) in [4.78, 5) is 10.8. The van der Waals surface area contributed by atoms with Gasteiger partial charge in [0.05, 0.1) is 19.2 Å². The number of ether oxygens (including phenoxy) is 1.